The Hall–Kier alpha value is -1.72. The Balaban J connectivity index is 1.92. The van der Waals surface area contributed by atoms with Gasteiger partial charge in [-0.25, -0.2) is 0 Å². The molecule has 2 heterocycles. The number of aryl methyl sites for hydroxylation is 3. The van der Waals surface area contributed by atoms with Gasteiger partial charge in [-0.2, -0.15) is 5.10 Å². The first-order chi connectivity index (χ1) is 9.19. The first-order valence-corrected chi connectivity index (χ1v) is 6.54. The second kappa shape index (κ2) is 6.45. The van der Waals surface area contributed by atoms with Crippen LogP contribution in [0, 0.1) is 6.92 Å². The van der Waals surface area contributed by atoms with Crippen molar-refractivity contribution >= 4 is 0 Å². The third-order valence-corrected chi connectivity index (χ3v) is 3.27. The summed E-state index contributed by atoms with van der Waals surface area (Å²) in [7, 11) is 1.97. The molecule has 2 aromatic rings. The number of rotatable bonds is 6. The molecule has 0 bridgehead atoms. The highest BCUT2D eigenvalue weighted by Crippen LogP contribution is 2.09. The normalized spacial score (nSPS) is 12.6. The summed E-state index contributed by atoms with van der Waals surface area (Å²) in [6, 6.07) is 8.32. The Bertz CT molecular complexity index is 506. The summed E-state index contributed by atoms with van der Waals surface area (Å²) in [5.74, 6) is 5.64. The van der Waals surface area contributed by atoms with Crippen LogP contribution in [0.15, 0.2) is 30.5 Å². The molecule has 0 spiro atoms. The predicted octanol–water partition coefficient (Wildman–Crippen LogP) is 1.13. The van der Waals surface area contributed by atoms with E-state index in [-0.39, 0.29) is 6.04 Å². The highest BCUT2D eigenvalue weighted by molar-refractivity contribution is 5.10. The average molecular weight is 259 g/mol. The smallest absolute Gasteiger partial charge is 0.0596 e. The van der Waals surface area contributed by atoms with Gasteiger partial charge in [-0.3, -0.25) is 20.9 Å². The number of nitrogens with one attached hydrogen (secondary N) is 1. The molecular formula is C14H21N5. The van der Waals surface area contributed by atoms with Crippen molar-refractivity contribution < 1.29 is 0 Å². The second-order valence-corrected chi connectivity index (χ2v) is 4.83. The molecule has 0 aliphatic heterocycles. The van der Waals surface area contributed by atoms with Crippen LogP contribution in [0.4, 0.5) is 0 Å². The molecule has 5 nitrogen and oxygen atoms in total. The molecule has 0 amide bonds. The van der Waals surface area contributed by atoms with E-state index in [1.807, 2.05) is 43.0 Å². The van der Waals surface area contributed by atoms with Crippen LogP contribution < -0.4 is 11.3 Å². The highest BCUT2D eigenvalue weighted by atomic mass is 15.3. The van der Waals surface area contributed by atoms with Crippen LogP contribution in [0.2, 0.25) is 0 Å². The van der Waals surface area contributed by atoms with Gasteiger partial charge in [-0.15, -0.1) is 0 Å². The van der Waals surface area contributed by atoms with E-state index in [2.05, 4.69) is 21.6 Å². The summed E-state index contributed by atoms with van der Waals surface area (Å²) >= 11 is 0. The van der Waals surface area contributed by atoms with Crippen LogP contribution in [0.25, 0.3) is 0 Å². The third kappa shape index (κ3) is 3.87. The van der Waals surface area contributed by atoms with Gasteiger partial charge in [0.1, 0.15) is 0 Å². The Labute approximate surface area is 113 Å². The van der Waals surface area contributed by atoms with Gasteiger partial charge in [0.05, 0.1) is 5.69 Å². The Morgan fingerprint density at radius 1 is 1.42 bits per heavy atom. The molecule has 2 aromatic heterocycles. The van der Waals surface area contributed by atoms with Crippen molar-refractivity contribution in [3.8, 4) is 0 Å². The number of nitrogens with zero attached hydrogens (tertiary/aromatic N) is 3. The topological polar surface area (TPSA) is 68.8 Å². The van der Waals surface area contributed by atoms with Gasteiger partial charge >= 0.3 is 0 Å². The quantitative estimate of drug-likeness (QED) is 0.603. The Morgan fingerprint density at radius 3 is 2.84 bits per heavy atom. The molecule has 0 radical (unpaired) electrons. The summed E-state index contributed by atoms with van der Waals surface area (Å²) in [6.45, 7) is 2.00. The molecular weight excluding hydrogens is 238 g/mol. The average Bonchev–Trinajstić information content (AvgIpc) is 2.74. The fourth-order valence-corrected chi connectivity index (χ4v) is 2.22. The monoisotopic (exact) mass is 259 g/mol. The lowest BCUT2D eigenvalue weighted by Crippen LogP contribution is -2.37. The maximum atomic E-state index is 5.64. The van der Waals surface area contributed by atoms with E-state index in [0.29, 0.717) is 0 Å². The Kier molecular flexibility index (Phi) is 4.65. The number of pyridine rings is 1. The molecule has 5 heteroatoms. The summed E-state index contributed by atoms with van der Waals surface area (Å²) in [5, 5.41) is 4.35. The van der Waals surface area contributed by atoms with E-state index in [0.717, 1.165) is 30.7 Å². The summed E-state index contributed by atoms with van der Waals surface area (Å²) in [6.07, 6.45) is 4.58. The van der Waals surface area contributed by atoms with Crippen LogP contribution in [-0.2, 0) is 19.9 Å². The fraction of sp³-hybridized carbons (Fsp3) is 0.429. The summed E-state index contributed by atoms with van der Waals surface area (Å²) in [4.78, 5) is 4.33. The lowest BCUT2D eigenvalue weighted by Gasteiger charge is -2.15. The molecule has 2 rings (SSSR count). The first-order valence-electron chi connectivity index (χ1n) is 6.54. The van der Waals surface area contributed by atoms with Crippen LogP contribution in [0.1, 0.15) is 23.5 Å². The number of hydrogen-bond acceptors (Lipinski definition) is 4. The largest absolute Gasteiger partial charge is 0.272 e. The first kappa shape index (κ1) is 13.7. The lowest BCUT2D eigenvalue weighted by molar-refractivity contribution is 0.476. The van der Waals surface area contributed by atoms with E-state index < -0.39 is 0 Å². The van der Waals surface area contributed by atoms with Crippen LogP contribution in [-0.4, -0.2) is 20.8 Å². The van der Waals surface area contributed by atoms with Crippen molar-refractivity contribution in [1.29, 1.82) is 0 Å². The van der Waals surface area contributed by atoms with Crippen LogP contribution in [0.3, 0.4) is 0 Å². The molecule has 1 atom stereocenters. The van der Waals surface area contributed by atoms with E-state index in [4.69, 9.17) is 5.84 Å². The molecule has 1 unspecified atom stereocenters. The molecule has 102 valence electrons. The minimum absolute atomic E-state index is 0.233. The van der Waals surface area contributed by atoms with Crippen molar-refractivity contribution in [3.63, 3.8) is 0 Å². The molecule has 0 saturated heterocycles. The highest BCUT2D eigenvalue weighted by Gasteiger charge is 2.11. The second-order valence-electron chi connectivity index (χ2n) is 4.83. The van der Waals surface area contributed by atoms with E-state index in [9.17, 15) is 0 Å². The molecule has 0 fully saturated rings. The van der Waals surface area contributed by atoms with E-state index in [1.165, 1.54) is 5.69 Å². The molecule has 19 heavy (non-hydrogen) atoms. The third-order valence-electron chi connectivity index (χ3n) is 3.27. The van der Waals surface area contributed by atoms with Gasteiger partial charge < -0.3 is 0 Å². The van der Waals surface area contributed by atoms with Crippen molar-refractivity contribution in [3.05, 3.63) is 47.5 Å². The lowest BCUT2D eigenvalue weighted by atomic mass is 10.0. The zero-order chi connectivity index (χ0) is 13.7. The fourth-order valence-electron chi connectivity index (χ4n) is 2.22. The molecule has 0 aliphatic carbocycles. The van der Waals surface area contributed by atoms with Crippen molar-refractivity contribution in [2.45, 2.75) is 32.2 Å². The number of hydrazine groups is 1. The van der Waals surface area contributed by atoms with Crippen LogP contribution in [0.5, 0.6) is 0 Å². The minimum Gasteiger partial charge on any atom is -0.272 e. The van der Waals surface area contributed by atoms with Gasteiger partial charge in [0, 0.05) is 37.1 Å². The predicted molar refractivity (Wildman–Crippen MR) is 75.3 cm³/mol. The zero-order valence-electron chi connectivity index (χ0n) is 11.5. The molecule has 0 aromatic carbocycles. The SMILES string of the molecule is Cc1cc(CC(CCc2ccccn2)NN)n(C)n1. The van der Waals surface area contributed by atoms with Gasteiger partial charge in [-0.1, -0.05) is 6.07 Å². The van der Waals surface area contributed by atoms with E-state index >= 15 is 0 Å². The van der Waals surface area contributed by atoms with Crippen molar-refractivity contribution in [2.24, 2.45) is 12.9 Å². The van der Waals surface area contributed by atoms with Crippen molar-refractivity contribution in [2.75, 3.05) is 0 Å². The zero-order valence-corrected chi connectivity index (χ0v) is 11.5. The molecule has 3 N–H and O–H groups in total. The van der Waals surface area contributed by atoms with Gasteiger partial charge in [0.2, 0.25) is 0 Å². The Morgan fingerprint density at radius 2 is 2.26 bits per heavy atom. The van der Waals surface area contributed by atoms with Gasteiger partial charge in [0.25, 0.3) is 0 Å². The maximum absolute atomic E-state index is 5.64. The standard InChI is InChI=1S/C14H21N5/c1-11-9-14(19(2)18-11)10-13(17-15)7-6-12-5-3-4-8-16-12/h3-5,8-9,13,17H,6-7,10,15H2,1-2H3. The summed E-state index contributed by atoms with van der Waals surface area (Å²) < 4.78 is 1.92. The maximum Gasteiger partial charge on any atom is 0.0596 e. The minimum atomic E-state index is 0.233. The van der Waals surface area contributed by atoms with Gasteiger partial charge in [-0.05, 0) is 38.0 Å². The van der Waals surface area contributed by atoms with Crippen LogP contribution >= 0.6 is 0 Å². The van der Waals surface area contributed by atoms with E-state index in [1.54, 1.807) is 0 Å². The summed E-state index contributed by atoms with van der Waals surface area (Å²) in [5.41, 5.74) is 6.22. The number of nitrogens with two attached hydrogens (primary N) is 1. The number of hydrogen-bond donors (Lipinski definition) is 2. The molecule has 0 saturated carbocycles. The molecule has 0 aliphatic rings. The number of aromatic nitrogens is 3. The van der Waals surface area contributed by atoms with Gasteiger partial charge in [0.15, 0.2) is 0 Å². The van der Waals surface area contributed by atoms with Crippen molar-refractivity contribution in [1.82, 2.24) is 20.2 Å².